The summed E-state index contributed by atoms with van der Waals surface area (Å²) in [4.78, 5) is 6.75. The molecule has 2 heterocycles. The van der Waals surface area contributed by atoms with Crippen LogP contribution in [-0.2, 0) is 0 Å². The monoisotopic (exact) mass is 317 g/mol. The van der Waals surface area contributed by atoms with Crippen LogP contribution < -0.4 is 4.59 Å². The van der Waals surface area contributed by atoms with Crippen LogP contribution in [0.15, 0.2) is 48.7 Å². The van der Waals surface area contributed by atoms with Crippen molar-refractivity contribution in [2.75, 3.05) is 0 Å². The van der Waals surface area contributed by atoms with Crippen molar-refractivity contribution < 1.29 is 4.39 Å². The van der Waals surface area contributed by atoms with Gasteiger partial charge in [0.2, 0.25) is 0 Å². The first-order chi connectivity index (χ1) is 9.29. The van der Waals surface area contributed by atoms with E-state index < -0.39 is 0 Å². The molecule has 0 N–H and O–H groups in total. The van der Waals surface area contributed by atoms with Gasteiger partial charge in [0, 0.05) is 0 Å². The van der Waals surface area contributed by atoms with Gasteiger partial charge >= 0.3 is 115 Å². The molecular weight excluding hydrogens is 308 g/mol. The van der Waals surface area contributed by atoms with Gasteiger partial charge in [0.25, 0.3) is 0 Å². The summed E-state index contributed by atoms with van der Waals surface area (Å²) in [7, 11) is 0. The molecule has 0 fully saturated rings. The molecule has 0 aliphatic carbocycles. The molecular formula is C14H8FN3Se. The maximum absolute atomic E-state index is 13.0. The molecule has 3 rings (SSSR count). The SMILES string of the molecule is N#C[Se]c1c(-c2ccc(F)cc2)nc2ccccn12. The fourth-order valence-electron chi connectivity index (χ4n) is 1.91. The number of aromatic nitrogens is 2. The molecule has 0 atom stereocenters. The molecule has 0 aliphatic rings. The van der Waals surface area contributed by atoms with E-state index in [1.165, 1.54) is 12.1 Å². The van der Waals surface area contributed by atoms with Crippen LogP contribution in [0.1, 0.15) is 0 Å². The minimum atomic E-state index is -0.329. The second-order valence-corrected chi connectivity index (χ2v) is 5.52. The van der Waals surface area contributed by atoms with Gasteiger partial charge < -0.3 is 0 Å². The van der Waals surface area contributed by atoms with Crippen molar-refractivity contribution in [3.8, 4) is 16.2 Å². The third-order valence-corrected chi connectivity index (χ3v) is 4.16. The summed E-state index contributed by atoms with van der Waals surface area (Å²) < 4.78 is 15.8. The van der Waals surface area contributed by atoms with Crippen LogP contribution in [0, 0.1) is 16.0 Å². The van der Waals surface area contributed by atoms with Gasteiger partial charge in [0.05, 0.1) is 0 Å². The molecule has 1 aromatic carbocycles. The second kappa shape index (κ2) is 4.85. The van der Waals surface area contributed by atoms with Crippen LogP contribution in [-0.4, -0.2) is 24.3 Å². The van der Waals surface area contributed by atoms with E-state index in [0.29, 0.717) is 0 Å². The molecule has 92 valence electrons. The first kappa shape index (κ1) is 11.9. The fraction of sp³-hybridized carbons (Fsp3) is 0. The Hall–Kier alpha value is -2.15. The molecule has 5 heteroatoms. The zero-order valence-electron chi connectivity index (χ0n) is 9.75. The average molecular weight is 316 g/mol. The van der Waals surface area contributed by atoms with Gasteiger partial charge in [0.15, 0.2) is 0 Å². The first-order valence-electron chi connectivity index (χ1n) is 5.58. The summed E-state index contributed by atoms with van der Waals surface area (Å²) in [6, 6.07) is 11.9. The molecule has 0 unspecified atom stereocenters. The number of pyridine rings is 1. The number of hydrogen-bond donors (Lipinski definition) is 0. The molecule has 0 aliphatic heterocycles. The van der Waals surface area contributed by atoms with Crippen molar-refractivity contribution >= 4 is 25.2 Å². The van der Waals surface area contributed by atoms with Crippen LogP contribution in [0.4, 0.5) is 4.39 Å². The number of fused-ring (bicyclic) bond motifs is 1. The van der Waals surface area contributed by atoms with Crippen molar-refractivity contribution in [2.24, 2.45) is 0 Å². The van der Waals surface area contributed by atoms with E-state index in [1.54, 1.807) is 12.1 Å². The quantitative estimate of drug-likeness (QED) is 0.678. The van der Waals surface area contributed by atoms with Gasteiger partial charge in [-0.3, -0.25) is 0 Å². The Morgan fingerprint density at radius 3 is 2.68 bits per heavy atom. The number of nitriles is 1. The third-order valence-electron chi connectivity index (χ3n) is 2.75. The Morgan fingerprint density at radius 1 is 1.16 bits per heavy atom. The van der Waals surface area contributed by atoms with Gasteiger partial charge in [-0.25, -0.2) is 0 Å². The van der Waals surface area contributed by atoms with Gasteiger partial charge in [-0.1, -0.05) is 0 Å². The van der Waals surface area contributed by atoms with Gasteiger partial charge in [-0.15, -0.1) is 0 Å². The van der Waals surface area contributed by atoms with Crippen molar-refractivity contribution in [3.05, 3.63) is 54.5 Å². The number of benzene rings is 1. The van der Waals surface area contributed by atoms with Gasteiger partial charge in [-0.2, -0.15) is 0 Å². The molecule has 3 nitrogen and oxygen atoms in total. The van der Waals surface area contributed by atoms with E-state index >= 15 is 0 Å². The van der Waals surface area contributed by atoms with E-state index in [1.807, 2.05) is 28.8 Å². The molecule has 0 radical (unpaired) electrons. The Balaban J connectivity index is 2.25. The zero-order chi connectivity index (χ0) is 13.2. The van der Waals surface area contributed by atoms with Crippen LogP contribution in [0.5, 0.6) is 0 Å². The molecule has 0 saturated heterocycles. The zero-order valence-corrected chi connectivity index (χ0v) is 11.5. The Bertz CT molecular complexity index is 771. The molecule has 0 saturated carbocycles. The van der Waals surface area contributed by atoms with E-state index in [4.69, 9.17) is 5.26 Å². The topological polar surface area (TPSA) is 41.1 Å². The van der Waals surface area contributed by atoms with Crippen molar-refractivity contribution in [1.82, 2.24) is 9.38 Å². The minimum absolute atomic E-state index is 0.278. The van der Waals surface area contributed by atoms with Crippen molar-refractivity contribution in [2.45, 2.75) is 0 Å². The van der Waals surface area contributed by atoms with Crippen LogP contribution in [0.2, 0.25) is 0 Å². The van der Waals surface area contributed by atoms with Crippen molar-refractivity contribution in [3.63, 3.8) is 0 Å². The number of nitrogens with zero attached hydrogens (tertiary/aromatic N) is 3. The molecule has 19 heavy (non-hydrogen) atoms. The van der Waals surface area contributed by atoms with Crippen molar-refractivity contribution in [1.29, 1.82) is 5.26 Å². The van der Waals surface area contributed by atoms with E-state index in [9.17, 15) is 4.39 Å². The molecule has 3 aromatic rings. The number of imidazole rings is 1. The molecule has 0 bridgehead atoms. The normalized spacial score (nSPS) is 10.5. The van der Waals surface area contributed by atoms with E-state index in [0.717, 1.165) is 21.5 Å². The van der Waals surface area contributed by atoms with E-state index in [2.05, 4.69) is 9.95 Å². The molecule has 2 aromatic heterocycles. The Kier molecular flexibility index (Phi) is 3.04. The summed E-state index contributed by atoms with van der Waals surface area (Å²) in [5.74, 6) is -0.278. The summed E-state index contributed by atoms with van der Waals surface area (Å²) in [5.41, 5.74) is 2.39. The summed E-state index contributed by atoms with van der Waals surface area (Å²) in [6.45, 7) is 0. The summed E-state index contributed by atoms with van der Waals surface area (Å²) in [5, 5.41) is 8.99. The van der Waals surface area contributed by atoms with Crippen LogP contribution in [0.25, 0.3) is 16.9 Å². The second-order valence-electron chi connectivity index (χ2n) is 3.89. The fourth-order valence-corrected chi connectivity index (χ4v) is 3.17. The number of halogens is 1. The predicted molar refractivity (Wildman–Crippen MR) is 71.6 cm³/mol. The number of rotatable bonds is 2. The summed E-state index contributed by atoms with van der Waals surface area (Å²) in [6.07, 6.45) is 1.89. The van der Waals surface area contributed by atoms with Crippen LogP contribution >= 0.6 is 0 Å². The van der Waals surface area contributed by atoms with Gasteiger partial charge in [-0.05, 0) is 0 Å². The molecule has 0 spiro atoms. The third kappa shape index (κ3) is 2.12. The average Bonchev–Trinajstić information content (AvgIpc) is 2.79. The number of hydrogen-bond acceptors (Lipinski definition) is 2. The predicted octanol–water partition coefficient (Wildman–Crippen LogP) is 1.95. The van der Waals surface area contributed by atoms with Crippen LogP contribution in [0.3, 0.4) is 0 Å². The van der Waals surface area contributed by atoms with Gasteiger partial charge in [0.1, 0.15) is 0 Å². The Labute approximate surface area is 115 Å². The Morgan fingerprint density at radius 2 is 1.95 bits per heavy atom. The maximum atomic E-state index is 13.0. The first-order valence-corrected chi connectivity index (χ1v) is 7.30. The molecule has 0 amide bonds. The summed E-state index contributed by atoms with van der Waals surface area (Å²) >= 11 is -0.329. The van der Waals surface area contributed by atoms with E-state index in [-0.39, 0.29) is 20.8 Å². The standard InChI is InChI=1S/C14H8FN3Se/c15-11-6-4-10(5-7-11)13-14(19-9-16)18-8-2-1-3-12(18)17-13/h1-8H.